The van der Waals surface area contributed by atoms with E-state index >= 15 is 0 Å². The molecule has 1 aliphatic heterocycles. The molecule has 1 heterocycles. The van der Waals surface area contributed by atoms with Crippen LogP contribution in [0.4, 0.5) is 0 Å². The molecule has 2 unspecified atom stereocenters. The molecule has 4 heteroatoms. The predicted octanol–water partition coefficient (Wildman–Crippen LogP) is 2.30. The van der Waals surface area contributed by atoms with Gasteiger partial charge in [0.2, 0.25) is 0 Å². The molecule has 0 spiro atoms. The Bertz CT molecular complexity index is 522. The number of β-amino-alcohol motifs (C(OH)–C–C–N with tert-alkyl or cyclic N) is 1. The van der Waals surface area contributed by atoms with Crippen molar-refractivity contribution in [2.45, 2.75) is 31.9 Å². The van der Waals surface area contributed by atoms with Crippen LogP contribution < -0.4 is 0 Å². The lowest BCUT2D eigenvalue weighted by Gasteiger charge is -2.42. The fraction of sp³-hybridized carbons (Fsp3) is 0.471. The molecule has 1 aromatic carbocycles. The largest absolute Gasteiger partial charge is 0.463 e. The molecule has 0 bridgehead atoms. The van der Waals surface area contributed by atoms with Crippen molar-refractivity contribution in [2.24, 2.45) is 0 Å². The molecule has 4 nitrogen and oxygen atoms in total. The summed E-state index contributed by atoms with van der Waals surface area (Å²) in [4.78, 5) is 13.8. The second-order valence-electron chi connectivity index (χ2n) is 5.74. The summed E-state index contributed by atoms with van der Waals surface area (Å²) in [7, 11) is 1.99. The van der Waals surface area contributed by atoms with E-state index in [1.807, 2.05) is 25.2 Å². The Labute approximate surface area is 126 Å². The summed E-state index contributed by atoms with van der Waals surface area (Å²) in [5.74, 6) is -0.385. The molecule has 1 aliphatic rings. The van der Waals surface area contributed by atoms with Gasteiger partial charge in [-0.15, -0.1) is 0 Å². The number of benzene rings is 1. The second kappa shape index (κ2) is 6.41. The molecule has 1 saturated heterocycles. The van der Waals surface area contributed by atoms with Crippen molar-refractivity contribution in [1.82, 2.24) is 4.90 Å². The van der Waals surface area contributed by atoms with Crippen molar-refractivity contribution in [1.29, 1.82) is 0 Å². The van der Waals surface area contributed by atoms with E-state index in [1.54, 1.807) is 13.8 Å². The SMILES string of the molecule is CCOC(=O)/C=C1/CC(c2ccccc2)N(C)CC1(C)O. The highest BCUT2D eigenvalue weighted by molar-refractivity contribution is 5.83. The van der Waals surface area contributed by atoms with Crippen molar-refractivity contribution < 1.29 is 14.6 Å². The maximum Gasteiger partial charge on any atom is 0.330 e. The quantitative estimate of drug-likeness (QED) is 0.685. The van der Waals surface area contributed by atoms with Crippen molar-refractivity contribution in [3.05, 3.63) is 47.5 Å². The zero-order chi connectivity index (χ0) is 15.5. The predicted molar refractivity (Wildman–Crippen MR) is 81.8 cm³/mol. The first-order chi connectivity index (χ1) is 9.94. The monoisotopic (exact) mass is 289 g/mol. The van der Waals surface area contributed by atoms with Gasteiger partial charge in [-0.2, -0.15) is 0 Å². The van der Waals surface area contributed by atoms with Crippen LogP contribution in [0.15, 0.2) is 42.0 Å². The number of ether oxygens (including phenoxy) is 1. The number of nitrogens with zero attached hydrogens (tertiary/aromatic N) is 1. The molecule has 0 aromatic heterocycles. The molecule has 2 atom stereocenters. The first-order valence-corrected chi connectivity index (χ1v) is 7.29. The highest BCUT2D eigenvalue weighted by Gasteiger charge is 2.37. The van der Waals surface area contributed by atoms with Gasteiger partial charge in [0, 0.05) is 18.7 Å². The van der Waals surface area contributed by atoms with Crippen molar-refractivity contribution in [2.75, 3.05) is 20.2 Å². The van der Waals surface area contributed by atoms with Gasteiger partial charge in [-0.05, 0) is 38.5 Å². The van der Waals surface area contributed by atoms with Gasteiger partial charge >= 0.3 is 5.97 Å². The number of hydrogen-bond acceptors (Lipinski definition) is 4. The zero-order valence-corrected chi connectivity index (χ0v) is 12.9. The molecule has 1 fully saturated rings. The molecule has 0 aliphatic carbocycles. The lowest BCUT2D eigenvalue weighted by Crippen LogP contribution is -2.47. The van der Waals surface area contributed by atoms with Crippen LogP contribution in [-0.2, 0) is 9.53 Å². The molecule has 1 aromatic rings. The topological polar surface area (TPSA) is 49.8 Å². The average Bonchev–Trinajstić information content (AvgIpc) is 2.42. The number of likely N-dealkylation sites (N-methyl/N-ethyl adjacent to an activating group) is 1. The summed E-state index contributed by atoms with van der Waals surface area (Å²) in [5, 5.41) is 10.6. The van der Waals surface area contributed by atoms with E-state index in [4.69, 9.17) is 4.74 Å². The first kappa shape index (κ1) is 15.7. The van der Waals surface area contributed by atoms with E-state index in [0.29, 0.717) is 19.6 Å². The molecule has 0 amide bonds. The third kappa shape index (κ3) is 3.71. The lowest BCUT2D eigenvalue weighted by molar-refractivity contribution is -0.137. The van der Waals surface area contributed by atoms with E-state index in [-0.39, 0.29) is 12.0 Å². The number of esters is 1. The average molecular weight is 289 g/mol. The summed E-state index contributed by atoms with van der Waals surface area (Å²) in [6.07, 6.45) is 2.07. The maximum absolute atomic E-state index is 11.7. The number of likely N-dealkylation sites (tertiary alicyclic amines) is 1. The highest BCUT2D eigenvalue weighted by Crippen LogP contribution is 2.37. The fourth-order valence-electron chi connectivity index (χ4n) is 2.87. The van der Waals surface area contributed by atoms with Gasteiger partial charge in [-0.25, -0.2) is 4.79 Å². The Hall–Kier alpha value is -1.65. The Kier molecular flexibility index (Phi) is 4.80. The molecule has 2 rings (SSSR count). The zero-order valence-electron chi connectivity index (χ0n) is 12.9. The van der Waals surface area contributed by atoms with Gasteiger partial charge in [-0.3, -0.25) is 4.90 Å². The van der Waals surface area contributed by atoms with Gasteiger partial charge in [-0.1, -0.05) is 30.3 Å². The molecule has 114 valence electrons. The summed E-state index contributed by atoms with van der Waals surface area (Å²) >= 11 is 0. The number of piperidine rings is 1. The standard InChI is InChI=1S/C17H23NO3/c1-4-21-16(19)11-14-10-15(13-8-6-5-7-9-13)18(3)12-17(14,2)20/h5-9,11,15,20H,4,10,12H2,1-3H3/b14-11-. The van der Waals surface area contributed by atoms with Crippen molar-refractivity contribution in [3.63, 3.8) is 0 Å². The summed E-state index contributed by atoms with van der Waals surface area (Å²) in [6.45, 7) is 4.34. The smallest absolute Gasteiger partial charge is 0.330 e. The van der Waals surface area contributed by atoms with Gasteiger partial charge < -0.3 is 9.84 Å². The van der Waals surface area contributed by atoms with Crippen LogP contribution >= 0.6 is 0 Å². The summed E-state index contributed by atoms with van der Waals surface area (Å²) in [6, 6.07) is 10.3. The molecule has 1 N–H and O–H groups in total. The van der Waals surface area contributed by atoms with Crippen LogP contribution in [0.1, 0.15) is 31.9 Å². The number of rotatable bonds is 3. The third-order valence-corrected chi connectivity index (χ3v) is 3.96. The van der Waals surface area contributed by atoms with E-state index in [2.05, 4.69) is 17.0 Å². The Morgan fingerprint density at radius 3 is 2.76 bits per heavy atom. The maximum atomic E-state index is 11.7. The van der Waals surface area contributed by atoms with Crippen LogP contribution in [-0.4, -0.2) is 41.8 Å². The van der Waals surface area contributed by atoms with E-state index in [0.717, 1.165) is 5.57 Å². The van der Waals surface area contributed by atoms with E-state index < -0.39 is 5.60 Å². The van der Waals surface area contributed by atoms with Crippen molar-refractivity contribution in [3.8, 4) is 0 Å². The molecule has 0 radical (unpaired) electrons. The van der Waals surface area contributed by atoms with E-state index in [9.17, 15) is 9.90 Å². The Morgan fingerprint density at radius 2 is 2.14 bits per heavy atom. The Balaban J connectivity index is 2.26. The van der Waals surface area contributed by atoms with Gasteiger partial charge in [0.1, 0.15) is 0 Å². The highest BCUT2D eigenvalue weighted by atomic mass is 16.5. The minimum Gasteiger partial charge on any atom is -0.463 e. The van der Waals surface area contributed by atoms with Crippen LogP contribution in [0, 0.1) is 0 Å². The van der Waals surface area contributed by atoms with E-state index in [1.165, 1.54) is 11.6 Å². The summed E-state index contributed by atoms with van der Waals surface area (Å²) < 4.78 is 4.97. The molecule has 0 saturated carbocycles. The lowest BCUT2D eigenvalue weighted by atomic mass is 9.82. The van der Waals surface area contributed by atoms with Gasteiger partial charge in [0.05, 0.1) is 12.2 Å². The van der Waals surface area contributed by atoms with Crippen LogP contribution in [0.5, 0.6) is 0 Å². The van der Waals surface area contributed by atoms with Crippen LogP contribution in [0.3, 0.4) is 0 Å². The third-order valence-electron chi connectivity index (χ3n) is 3.96. The molecule has 21 heavy (non-hydrogen) atoms. The van der Waals surface area contributed by atoms with Crippen LogP contribution in [0.2, 0.25) is 0 Å². The minimum atomic E-state index is -1.01. The second-order valence-corrected chi connectivity index (χ2v) is 5.74. The first-order valence-electron chi connectivity index (χ1n) is 7.29. The van der Waals surface area contributed by atoms with Crippen molar-refractivity contribution >= 4 is 5.97 Å². The number of carbonyl (C=O) groups excluding carboxylic acids is 1. The minimum absolute atomic E-state index is 0.159. The molecular formula is C17H23NO3. The Morgan fingerprint density at radius 1 is 1.48 bits per heavy atom. The molecular weight excluding hydrogens is 266 g/mol. The summed E-state index contributed by atoms with van der Waals surface area (Å²) in [5.41, 5.74) is 0.908. The number of carbonyl (C=O) groups is 1. The fourth-order valence-corrected chi connectivity index (χ4v) is 2.87. The van der Waals surface area contributed by atoms with Crippen LogP contribution in [0.25, 0.3) is 0 Å². The number of aliphatic hydroxyl groups is 1. The van der Waals surface area contributed by atoms with Gasteiger partial charge in [0.25, 0.3) is 0 Å². The van der Waals surface area contributed by atoms with Gasteiger partial charge in [0.15, 0.2) is 0 Å². The normalized spacial score (nSPS) is 28.6. The number of hydrogen-bond donors (Lipinski definition) is 1.